The van der Waals surface area contributed by atoms with E-state index in [9.17, 15) is 45.8 Å². The third-order valence-electron chi connectivity index (χ3n) is 9.52. The second kappa shape index (κ2) is 16.7. The fourth-order valence-corrected chi connectivity index (χ4v) is 6.73. The van der Waals surface area contributed by atoms with E-state index in [0.717, 1.165) is 12.6 Å². The average Bonchev–Trinajstić information content (AvgIpc) is 3.03. The van der Waals surface area contributed by atoms with Crippen molar-refractivity contribution in [2.75, 3.05) is 33.4 Å². The number of methoxy groups -OCH3 is 1. The normalized spacial score (nSPS) is 15.3. The Labute approximate surface area is 312 Å². The lowest BCUT2D eigenvalue weighted by atomic mass is 9.87. The van der Waals surface area contributed by atoms with Crippen molar-refractivity contribution in [2.24, 2.45) is 5.92 Å². The van der Waals surface area contributed by atoms with Crippen molar-refractivity contribution >= 4 is 11.9 Å². The highest BCUT2D eigenvalue weighted by atomic mass is 19.4. The number of ether oxygens (including phenoxy) is 2. The third kappa shape index (κ3) is 9.48. The number of esters is 1. The third-order valence-corrected chi connectivity index (χ3v) is 9.52. The van der Waals surface area contributed by atoms with E-state index in [1.807, 2.05) is 10.2 Å². The van der Waals surface area contributed by atoms with Crippen molar-refractivity contribution in [3.05, 3.63) is 85.8 Å². The number of halogens is 8. The zero-order valence-corrected chi connectivity index (χ0v) is 31.1. The van der Waals surface area contributed by atoms with Gasteiger partial charge in [-0.05, 0) is 93.4 Å². The second-order valence-corrected chi connectivity index (χ2v) is 13.9. The number of amides is 1. The van der Waals surface area contributed by atoms with Crippen LogP contribution in [0, 0.1) is 31.4 Å². The Morgan fingerprint density at radius 3 is 2.15 bits per heavy atom. The van der Waals surface area contributed by atoms with E-state index in [0.29, 0.717) is 23.7 Å². The summed E-state index contributed by atoms with van der Waals surface area (Å²) in [6, 6.07) is 1.59. The summed E-state index contributed by atoms with van der Waals surface area (Å²) in [5.41, 5.74) is -11.0. The fourth-order valence-electron chi connectivity index (χ4n) is 6.73. The van der Waals surface area contributed by atoms with Crippen molar-refractivity contribution in [3.8, 4) is 16.9 Å². The summed E-state index contributed by atoms with van der Waals surface area (Å²) < 4.78 is 130. The first-order chi connectivity index (χ1) is 25.5. The van der Waals surface area contributed by atoms with Crippen LogP contribution < -0.4 is 15.6 Å². The number of nitrogens with one attached hydrogen (secondary N) is 1. The number of carbonyl (C=O) groups excluding carboxylic acids is 2. The van der Waals surface area contributed by atoms with Crippen LogP contribution in [0.1, 0.15) is 79.5 Å². The van der Waals surface area contributed by atoms with Gasteiger partial charge in [0.05, 0.1) is 36.8 Å². The highest BCUT2D eigenvalue weighted by Crippen LogP contribution is 2.44. The van der Waals surface area contributed by atoms with Gasteiger partial charge in [-0.1, -0.05) is 19.9 Å². The molecule has 1 unspecified atom stereocenters. The molecule has 302 valence electrons. The zero-order valence-electron chi connectivity index (χ0n) is 31.1. The SMILES string of the molecule is CCOC(=O)C[C@](O)(NC(=O)C(CC(C)C)n1cc(CCN2CCC2)c(C(F)(F)F)cc1=O)c1c(F)c(-c2c(C)ccc(OC)c2C)cc(C(F)(F)F)c1F. The predicted octanol–water partition coefficient (Wildman–Crippen LogP) is 7.21. The van der Waals surface area contributed by atoms with Gasteiger partial charge in [0.25, 0.3) is 5.56 Å². The van der Waals surface area contributed by atoms with Crippen LogP contribution in [0.2, 0.25) is 0 Å². The van der Waals surface area contributed by atoms with Gasteiger partial charge in [0.2, 0.25) is 5.91 Å². The molecule has 1 aliphatic rings. The summed E-state index contributed by atoms with van der Waals surface area (Å²) in [6.07, 6.45) is -10.8. The Kier molecular flexibility index (Phi) is 13.1. The number of nitrogens with zero attached hydrogens (tertiary/aromatic N) is 2. The van der Waals surface area contributed by atoms with E-state index in [2.05, 4.69) is 0 Å². The van der Waals surface area contributed by atoms with Crippen LogP contribution >= 0.6 is 0 Å². The van der Waals surface area contributed by atoms with Gasteiger partial charge in [-0.3, -0.25) is 14.4 Å². The number of aliphatic hydroxyl groups is 1. The Hall–Kier alpha value is -4.51. The predicted molar refractivity (Wildman–Crippen MR) is 185 cm³/mol. The van der Waals surface area contributed by atoms with Crippen LogP contribution in [0.15, 0.2) is 35.3 Å². The molecule has 2 heterocycles. The van der Waals surface area contributed by atoms with Gasteiger partial charge in [0.15, 0.2) is 5.72 Å². The number of benzene rings is 2. The van der Waals surface area contributed by atoms with Gasteiger partial charge >= 0.3 is 18.3 Å². The van der Waals surface area contributed by atoms with E-state index < -0.39 is 87.8 Å². The largest absolute Gasteiger partial charge is 0.496 e. The number of hydrogen-bond donors (Lipinski definition) is 2. The molecular weight excluding hydrogens is 746 g/mol. The molecule has 17 heteroatoms. The van der Waals surface area contributed by atoms with E-state index in [4.69, 9.17) is 9.47 Å². The van der Waals surface area contributed by atoms with Gasteiger partial charge in [-0.15, -0.1) is 0 Å². The molecule has 4 rings (SSSR count). The molecule has 0 bridgehead atoms. The lowest BCUT2D eigenvalue weighted by Gasteiger charge is -2.34. The summed E-state index contributed by atoms with van der Waals surface area (Å²) in [6.45, 7) is 8.50. The number of aryl methyl sites for hydroxylation is 1. The molecule has 2 N–H and O–H groups in total. The van der Waals surface area contributed by atoms with Crippen LogP contribution in [-0.2, 0) is 38.8 Å². The maximum Gasteiger partial charge on any atom is 0.419 e. The van der Waals surface area contributed by atoms with Crippen molar-refractivity contribution < 1.29 is 59.3 Å². The van der Waals surface area contributed by atoms with Crippen molar-refractivity contribution in [1.29, 1.82) is 0 Å². The lowest BCUT2D eigenvalue weighted by Crippen LogP contribution is -2.52. The summed E-state index contributed by atoms with van der Waals surface area (Å²) in [4.78, 5) is 42.3. The molecule has 0 spiro atoms. The zero-order chi connectivity index (χ0) is 41.2. The number of alkyl halides is 6. The van der Waals surface area contributed by atoms with Crippen molar-refractivity contribution in [2.45, 2.75) is 84.4 Å². The van der Waals surface area contributed by atoms with E-state index in [1.165, 1.54) is 40.0 Å². The van der Waals surface area contributed by atoms with Crippen LogP contribution in [0.25, 0.3) is 11.1 Å². The molecule has 0 saturated carbocycles. The minimum Gasteiger partial charge on any atom is -0.496 e. The first-order valence-electron chi connectivity index (χ1n) is 17.5. The van der Waals surface area contributed by atoms with Gasteiger partial charge in [-0.25, -0.2) is 8.78 Å². The minimum atomic E-state index is -5.50. The van der Waals surface area contributed by atoms with Crippen LogP contribution in [0.3, 0.4) is 0 Å². The number of likely N-dealkylation sites (tertiary alicyclic amines) is 1. The van der Waals surface area contributed by atoms with Crippen LogP contribution in [0.4, 0.5) is 35.1 Å². The molecule has 1 saturated heterocycles. The standard InChI is InChI=1S/C38H43F8N3O6/c1-7-55-30(51)18-36(53,32-33(39)24(16-26(34(32)40)38(44,45)46)31-21(4)9-10-28(54-6)22(31)5)47-35(52)27(15-20(2)3)49-19-23(11-14-48-12-8-13-48)25(17-29(49)50)37(41,42)43/h9-10,16-17,19-20,27,53H,7-8,11-15,18H2,1-6H3,(H,47,52)/t27?,36-/m1/s1. The van der Waals surface area contributed by atoms with Gasteiger partial charge in [-0.2, -0.15) is 26.3 Å². The molecule has 1 aromatic heterocycles. The smallest absolute Gasteiger partial charge is 0.419 e. The van der Waals surface area contributed by atoms with Crippen LogP contribution in [0.5, 0.6) is 5.75 Å². The number of aromatic nitrogens is 1. The quantitative estimate of drug-likeness (QED) is 0.101. The fraction of sp³-hybridized carbons (Fsp3) is 0.500. The number of hydrogen-bond acceptors (Lipinski definition) is 7. The first kappa shape index (κ1) is 43.2. The molecule has 0 radical (unpaired) electrons. The summed E-state index contributed by atoms with van der Waals surface area (Å²) >= 11 is 0. The Morgan fingerprint density at radius 1 is 0.982 bits per heavy atom. The highest BCUT2D eigenvalue weighted by molar-refractivity contribution is 5.83. The molecule has 55 heavy (non-hydrogen) atoms. The van der Waals surface area contributed by atoms with Crippen molar-refractivity contribution in [1.82, 2.24) is 14.8 Å². The van der Waals surface area contributed by atoms with Gasteiger partial charge in [0.1, 0.15) is 23.4 Å². The first-order valence-corrected chi connectivity index (χ1v) is 17.5. The maximum absolute atomic E-state index is 16.9. The number of carbonyl (C=O) groups is 2. The van der Waals surface area contributed by atoms with Crippen LogP contribution in [-0.4, -0.2) is 59.8 Å². The van der Waals surface area contributed by atoms with Crippen molar-refractivity contribution in [3.63, 3.8) is 0 Å². The van der Waals surface area contributed by atoms with Gasteiger partial charge in [0, 0.05) is 24.4 Å². The molecule has 9 nitrogen and oxygen atoms in total. The maximum atomic E-state index is 16.9. The molecule has 1 amide bonds. The molecule has 2 aromatic carbocycles. The molecular formula is C38H43F8N3O6. The molecule has 2 atom stereocenters. The molecule has 1 fully saturated rings. The van der Waals surface area contributed by atoms with E-state index in [1.54, 1.807) is 13.8 Å². The molecule has 1 aliphatic heterocycles. The monoisotopic (exact) mass is 789 g/mol. The molecule has 0 aliphatic carbocycles. The Bertz CT molecular complexity index is 1970. The second-order valence-electron chi connectivity index (χ2n) is 13.9. The summed E-state index contributed by atoms with van der Waals surface area (Å²) in [5.74, 6) is -7.34. The summed E-state index contributed by atoms with van der Waals surface area (Å²) in [5, 5.41) is 14.0. The van der Waals surface area contributed by atoms with E-state index >= 15 is 8.78 Å². The number of pyridine rings is 1. The molecule has 3 aromatic rings. The van der Waals surface area contributed by atoms with Gasteiger partial charge < -0.3 is 29.4 Å². The van der Waals surface area contributed by atoms with E-state index in [-0.39, 0.29) is 60.1 Å². The Balaban J connectivity index is 1.97. The summed E-state index contributed by atoms with van der Waals surface area (Å²) in [7, 11) is 1.26. The topological polar surface area (TPSA) is 110 Å². The average molecular weight is 790 g/mol. The highest BCUT2D eigenvalue weighted by Gasteiger charge is 2.47. The minimum absolute atomic E-state index is 0.122. The Morgan fingerprint density at radius 2 is 1.62 bits per heavy atom. The number of rotatable bonds is 14. The lowest BCUT2D eigenvalue weighted by molar-refractivity contribution is -0.153.